The second-order valence-electron chi connectivity index (χ2n) is 7.45. The molecule has 0 bridgehead atoms. The third-order valence-corrected chi connectivity index (χ3v) is 5.27. The first kappa shape index (κ1) is 16.1. The molecule has 108 valence electrons. The highest BCUT2D eigenvalue weighted by Gasteiger charge is 2.36. The molecule has 0 saturated carbocycles. The van der Waals surface area contributed by atoms with Crippen LogP contribution in [0.4, 0.5) is 0 Å². The topological polar surface area (TPSA) is 20.2 Å². The monoisotopic (exact) mass is 262 g/mol. The number of benzene rings is 1. The van der Waals surface area contributed by atoms with E-state index in [0.29, 0.717) is 17.6 Å². The SMILES string of the molecule is CC(C)C(C)(C)c1cccc(O)c1C(C)(C)C(C)C. The third kappa shape index (κ3) is 2.80. The van der Waals surface area contributed by atoms with Crippen molar-refractivity contribution in [3.05, 3.63) is 29.3 Å². The van der Waals surface area contributed by atoms with Crippen molar-refractivity contribution in [1.82, 2.24) is 0 Å². The zero-order chi connectivity index (χ0) is 15.0. The second-order valence-corrected chi connectivity index (χ2v) is 7.45. The summed E-state index contributed by atoms with van der Waals surface area (Å²) in [4.78, 5) is 0. The van der Waals surface area contributed by atoms with Gasteiger partial charge in [0.15, 0.2) is 0 Å². The molecule has 0 atom stereocenters. The molecule has 1 aromatic rings. The molecule has 0 aliphatic carbocycles. The van der Waals surface area contributed by atoms with Gasteiger partial charge < -0.3 is 5.11 Å². The molecular weight excluding hydrogens is 232 g/mol. The Morgan fingerprint density at radius 1 is 0.842 bits per heavy atom. The van der Waals surface area contributed by atoms with Crippen LogP contribution >= 0.6 is 0 Å². The Labute approximate surface area is 119 Å². The molecule has 0 radical (unpaired) electrons. The molecule has 1 N–H and O–H groups in total. The summed E-state index contributed by atoms with van der Waals surface area (Å²) in [6, 6.07) is 5.97. The number of hydrogen-bond acceptors (Lipinski definition) is 1. The molecule has 0 aliphatic heterocycles. The molecule has 0 heterocycles. The van der Waals surface area contributed by atoms with Crippen molar-refractivity contribution in [3.63, 3.8) is 0 Å². The van der Waals surface area contributed by atoms with Crippen LogP contribution in [0.15, 0.2) is 18.2 Å². The van der Waals surface area contributed by atoms with E-state index < -0.39 is 0 Å². The Kier molecular flexibility index (Phi) is 4.39. The van der Waals surface area contributed by atoms with E-state index in [1.165, 1.54) is 5.56 Å². The number of phenolic OH excluding ortho intramolecular Hbond substituents is 1. The minimum atomic E-state index is -0.0349. The van der Waals surface area contributed by atoms with Gasteiger partial charge in [-0.15, -0.1) is 0 Å². The highest BCUT2D eigenvalue weighted by molar-refractivity contribution is 5.48. The van der Waals surface area contributed by atoms with Gasteiger partial charge in [0.1, 0.15) is 5.75 Å². The van der Waals surface area contributed by atoms with Crippen molar-refractivity contribution in [2.24, 2.45) is 11.8 Å². The third-order valence-electron chi connectivity index (χ3n) is 5.27. The Morgan fingerprint density at radius 2 is 1.32 bits per heavy atom. The molecule has 0 unspecified atom stereocenters. The lowest BCUT2D eigenvalue weighted by Gasteiger charge is -2.39. The maximum atomic E-state index is 10.4. The van der Waals surface area contributed by atoms with Crippen molar-refractivity contribution in [3.8, 4) is 5.75 Å². The summed E-state index contributed by atoms with van der Waals surface area (Å²) in [6.07, 6.45) is 0. The van der Waals surface area contributed by atoms with Gasteiger partial charge in [-0.3, -0.25) is 0 Å². The summed E-state index contributed by atoms with van der Waals surface area (Å²) in [7, 11) is 0. The predicted molar refractivity (Wildman–Crippen MR) is 83.8 cm³/mol. The molecule has 0 saturated heterocycles. The number of aromatic hydroxyl groups is 1. The fourth-order valence-electron chi connectivity index (χ4n) is 2.35. The molecule has 0 aliphatic rings. The summed E-state index contributed by atoms with van der Waals surface area (Å²) in [5, 5.41) is 10.4. The minimum absolute atomic E-state index is 0.0349. The lowest BCUT2D eigenvalue weighted by Crippen LogP contribution is -2.32. The summed E-state index contributed by atoms with van der Waals surface area (Å²) in [6.45, 7) is 17.9. The van der Waals surface area contributed by atoms with Gasteiger partial charge in [0.25, 0.3) is 0 Å². The predicted octanol–water partition coefficient (Wildman–Crippen LogP) is 5.26. The zero-order valence-corrected chi connectivity index (χ0v) is 13.8. The number of hydrogen-bond donors (Lipinski definition) is 1. The molecule has 1 aromatic carbocycles. The Morgan fingerprint density at radius 3 is 1.74 bits per heavy atom. The zero-order valence-electron chi connectivity index (χ0n) is 13.8. The van der Waals surface area contributed by atoms with Crippen LogP contribution < -0.4 is 0 Å². The summed E-state index contributed by atoms with van der Waals surface area (Å²) in [5.74, 6) is 1.43. The summed E-state index contributed by atoms with van der Waals surface area (Å²) >= 11 is 0. The van der Waals surface area contributed by atoms with Crippen molar-refractivity contribution in [2.45, 2.75) is 66.2 Å². The van der Waals surface area contributed by atoms with Crippen molar-refractivity contribution >= 4 is 0 Å². The molecule has 0 amide bonds. The first-order valence-electron chi connectivity index (χ1n) is 7.35. The molecule has 1 rings (SSSR count). The van der Waals surface area contributed by atoms with E-state index in [9.17, 15) is 5.11 Å². The van der Waals surface area contributed by atoms with E-state index in [1.807, 2.05) is 12.1 Å². The Bertz CT molecular complexity index is 439. The van der Waals surface area contributed by atoms with Crippen LogP contribution in [0, 0.1) is 11.8 Å². The standard InChI is InChI=1S/C18H30O/c1-12(2)17(5,6)14-10-9-11-15(19)16(14)18(7,8)13(3)4/h9-13,19H,1-8H3. The van der Waals surface area contributed by atoms with Gasteiger partial charge in [-0.05, 0) is 34.3 Å². The van der Waals surface area contributed by atoms with Crippen LogP contribution in [0.3, 0.4) is 0 Å². The van der Waals surface area contributed by atoms with Gasteiger partial charge in [-0.25, -0.2) is 0 Å². The van der Waals surface area contributed by atoms with Crippen molar-refractivity contribution in [1.29, 1.82) is 0 Å². The minimum Gasteiger partial charge on any atom is -0.508 e. The average Bonchev–Trinajstić information content (AvgIpc) is 2.27. The van der Waals surface area contributed by atoms with Crippen molar-refractivity contribution < 1.29 is 5.11 Å². The summed E-state index contributed by atoms with van der Waals surface area (Å²) in [5.41, 5.74) is 2.41. The van der Waals surface area contributed by atoms with Gasteiger partial charge in [-0.2, -0.15) is 0 Å². The highest BCUT2D eigenvalue weighted by atomic mass is 16.3. The first-order chi connectivity index (χ1) is 8.52. The van der Waals surface area contributed by atoms with Crippen LogP contribution in [0.1, 0.15) is 66.5 Å². The number of phenols is 1. The van der Waals surface area contributed by atoms with E-state index >= 15 is 0 Å². The van der Waals surface area contributed by atoms with E-state index in [-0.39, 0.29) is 10.8 Å². The number of rotatable bonds is 4. The molecule has 0 spiro atoms. The normalized spacial score (nSPS) is 13.4. The second kappa shape index (κ2) is 5.19. The van der Waals surface area contributed by atoms with Gasteiger partial charge >= 0.3 is 0 Å². The van der Waals surface area contributed by atoms with Crippen LogP contribution in [-0.2, 0) is 10.8 Å². The van der Waals surface area contributed by atoms with Crippen LogP contribution in [-0.4, -0.2) is 5.11 Å². The van der Waals surface area contributed by atoms with Gasteiger partial charge in [0, 0.05) is 5.56 Å². The average molecular weight is 262 g/mol. The molecule has 1 heteroatoms. The Hall–Kier alpha value is -0.980. The fraction of sp³-hybridized carbons (Fsp3) is 0.667. The molecule has 19 heavy (non-hydrogen) atoms. The quantitative estimate of drug-likeness (QED) is 0.784. The fourth-order valence-corrected chi connectivity index (χ4v) is 2.35. The lowest BCUT2D eigenvalue weighted by atomic mass is 9.65. The smallest absolute Gasteiger partial charge is 0.119 e. The Balaban J connectivity index is 3.57. The maximum Gasteiger partial charge on any atom is 0.119 e. The van der Waals surface area contributed by atoms with E-state index in [0.717, 1.165) is 5.56 Å². The van der Waals surface area contributed by atoms with Crippen LogP contribution in [0.5, 0.6) is 5.75 Å². The highest BCUT2D eigenvalue weighted by Crippen LogP contribution is 2.45. The van der Waals surface area contributed by atoms with E-state index in [4.69, 9.17) is 0 Å². The van der Waals surface area contributed by atoms with E-state index in [1.54, 1.807) is 0 Å². The maximum absolute atomic E-state index is 10.4. The van der Waals surface area contributed by atoms with Crippen LogP contribution in [0.2, 0.25) is 0 Å². The van der Waals surface area contributed by atoms with Gasteiger partial charge in [0.2, 0.25) is 0 Å². The molecule has 0 fully saturated rings. The van der Waals surface area contributed by atoms with E-state index in [2.05, 4.69) is 61.5 Å². The largest absolute Gasteiger partial charge is 0.508 e. The summed E-state index contributed by atoms with van der Waals surface area (Å²) < 4.78 is 0. The molecule has 1 nitrogen and oxygen atoms in total. The van der Waals surface area contributed by atoms with Gasteiger partial charge in [-0.1, -0.05) is 67.5 Å². The van der Waals surface area contributed by atoms with Crippen molar-refractivity contribution in [2.75, 3.05) is 0 Å². The molecular formula is C18H30O. The van der Waals surface area contributed by atoms with Gasteiger partial charge in [0.05, 0.1) is 0 Å². The lowest BCUT2D eigenvalue weighted by molar-refractivity contribution is 0.321. The van der Waals surface area contributed by atoms with Crippen LogP contribution in [0.25, 0.3) is 0 Å². The molecule has 0 aromatic heterocycles. The first-order valence-corrected chi connectivity index (χ1v) is 7.35.